The molecule has 2 aromatic heterocycles. The predicted octanol–water partition coefficient (Wildman–Crippen LogP) is 2.56. The van der Waals surface area contributed by atoms with Crippen molar-refractivity contribution in [3.63, 3.8) is 0 Å². The largest absolute Gasteiger partial charge is 0.261 e. The van der Waals surface area contributed by atoms with Crippen LogP contribution in [0.25, 0.3) is 5.82 Å². The normalized spacial score (nSPS) is 11.0. The maximum absolute atomic E-state index is 12.8. The molecule has 6 nitrogen and oxygen atoms in total. The van der Waals surface area contributed by atoms with Crippen molar-refractivity contribution in [3.8, 4) is 5.82 Å². The van der Waals surface area contributed by atoms with Crippen LogP contribution in [0.2, 0.25) is 0 Å². The summed E-state index contributed by atoms with van der Waals surface area (Å²) in [6.07, 6.45) is 6.64. The van der Waals surface area contributed by atoms with Crippen LogP contribution >= 0.6 is 0 Å². The maximum Gasteiger partial charge on any atom is 0.158 e. The highest BCUT2D eigenvalue weighted by Crippen LogP contribution is 2.09. The van der Waals surface area contributed by atoms with Crippen LogP contribution in [0.4, 0.5) is 10.2 Å². The third-order valence-corrected chi connectivity index (χ3v) is 2.86. The summed E-state index contributed by atoms with van der Waals surface area (Å²) in [5, 5.41) is 8.25. The average Bonchev–Trinajstić information content (AvgIpc) is 2.96. The van der Waals surface area contributed by atoms with Gasteiger partial charge in [-0.25, -0.2) is 19.0 Å². The molecule has 0 aliphatic rings. The molecular formula is C15H13FN6. The molecule has 1 aromatic carbocycles. The molecule has 0 fully saturated rings. The standard InChI is InChI=1S/C15H13FN6/c1-11-7-20-22(9-11)15-6-14(17-10-18-15)21-19-8-12-2-4-13(16)5-3-12/h2-10H,1H3,(H,17,18,21)/b19-8+. The van der Waals surface area contributed by atoms with E-state index in [1.165, 1.54) is 18.5 Å². The Morgan fingerprint density at radius 2 is 2.05 bits per heavy atom. The number of hydrogen-bond donors (Lipinski definition) is 1. The highest BCUT2D eigenvalue weighted by molar-refractivity contribution is 5.79. The zero-order chi connectivity index (χ0) is 15.4. The molecule has 0 amide bonds. The topological polar surface area (TPSA) is 68.0 Å². The predicted molar refractivity (Wildman–Crippen MR) is 81.5 cm³/mol. The van der Waals surface area contributed by atoms with Crippen LogP contribution in [-0.4, -0.2) is 26.0 Å². The number of nitrogens with one attached hydrogen (secondary N) is 1. The van der Waals surface area contributed by atoms with E-state index in [1.54, 1.807) is 35.3 Å². The van der Waals surface area contributed by atoms with Gasteiger partial charge in [0.2, 0.25) is 0 Å². The molecule has 22 heavy (non-hydrogen) atoms. The Hall–Kier alpha value is -3.09. The highest BCUT2D eigenvalue weighted by atomic mass is 19.1. The SMILES string of the molecule is Cc1cnn(-c2cc(N/N=C/c3ccc(F)cc3)ncn2)c1. The van der Waals surface area contributed by atoms with E-state index in [2.05, 4.69) is 25.6 Å². The second-order valence-corrected chi connectivity index (χ2v) is 4.65. The van der Waals surface area contributed by atoms with Crippen LogP contribution in [-0.2, 0) is 0 Å². The fraction of sp³-hybridized carbons (Fsp3) is 0.0667. The fourth-order valence-electron chi connectivity index (χ4n) is 1.79. The van der Waals surface area contributed by atoms with E-state index in [-0.39, 0.29) is 5.82 Å². The van der Waals surface area contributed by atoms with Gasteiger partial charge in [-0.15, -0.1) is 0 Å². The van der Waals surface area contributed by atoms with Crippen LogP contribution in [0.5, 0.6) is 0 Å². The first kappa shape index (κ1) is 13.9. The summed E-state index contributed by atoms with van der Waals surface area (Å²) in [5.74, 6) is 0.902. The lowest BCUT2D eigenvalue weighted by molar-refractivity contribution is 0.628. The Labute approximate surface area is 126 Å². The first-order chi connectivity index (χ1) is 10.7. The maximum atomic E-state index is 12.8. The smallest absolute Gasteiger partial charge is 0.158 e. The van der Waals surface area contributed by atoms with Gasteiger partial charge in [0.15, 0.2) is 11.6 Å². The van der Waals surface area contributed by atoms with Gasteiger partial charge in [-0.05, 0) is 30.2 Å². The van der Waals surface area contributed by atoms with E-state index in [0.29, 0.717) is 11.6 Å². The number of hydrazone groups is 1. The van der Waals surface area contributed by atoms with Gasteiger partial charge in [0, 0.05) is 12.3 Å². The molecule has 0 aliphatic heterocycles. The molecule has 0 saturated heterocycles. The number of aryl methyl sites for hydroxylation is 1. The number of aromatic nitrogens is 4. The third kappa shape index (κ3) is 3.32. The Bertz CT molecular complexity index is 794. The van der Waals surface area contributed by atoms with Crippen molar-refractivity contribution in [1.82, 2.24) is 19.7 Å². The molecule has 110 valence electrons. The summed E-state index contributed by atoms with van der Waals surface area (Å²) >= 11 is 0. The van der Waals surface area contributed by atoms with Gasteiger partial charge in [0.1, 0.15) is 12.1 Å². The summed E-state index contributed by atoms with van der Waals surface area (Å²) < 4.78 is 14.5. The average molecular weight is 296 g/mol. The summed E-state index contributed by atoms with van der Waals surface area (Å²) in [5.41, 5.74) is 4.64. The molecule has 2 heterocycles. The monoisotopic (exact) mass is 296 g/mol. The van der Waals surface area contributed by atoms with Gasteiger partial charge < -0.3 is 0 Å². The third-order valence-electron chi connectivity index (χ3n) is 2.86. The number of anilines is 1. The molecule has 0 atom stereocenters. The molecule has 1 N–H and O–H groups in total. The molecule has 7 heteroatoms. The molecule has 0 bridgehead atoms. The van der Waals surface area contributed by atoms with Crippen molar-refractivity contribution in [2.45, 2.75) is 6.92 Å². The molecule has 0 saturated carbocycles. The number of hydrogen-bond acceptors (Lipinski definition) is 5. The molecule has 0 aliphatic carbocycles. The van der Waals surface area contributed by atoms with E-state index in [4.69, 9.17) is 0 Å². The van der Waals surface area contributed by atoms with Gasteiger partial charge in [0.25, 0.3) is 0 Å². The quantitative estimate of drug-likeness (QED) is 0.593. The van der Waals surface area contributed by atoms with Gasteiger partial charge in [-0.2, -0.15) is 10.2 Å². The lowest BCUT2D eigenvalue weighted by atomic mass is 10.2. The molecule has 0 unspecified atom stereocenters. The van der Waals surface area contributed by atoms with Crippen LogP contribution in [0, 0.1) is 12.7 Å². The van der Waals surface area contributed by atoms with E-state index in [0.717, 1.165) is 11.1 Å². The second kappa shape index (κ2) is 6.13. The van der Waals surface area contributed by atoms with E-state index in [9.17, 15) is 4.39 Å². The van der Waals surface area contributed by atoms with E-state index < -0.39 is 0 Å². The lowest BCUT2D eigenvalue weighted by Crippen LogP contribution is -2.01. The van der Waals surface area contributed by atoms with E-state index in [1.807, 2.05) is 13.1 Å². The molecule has 3 rings (SSSR count). The van der Waals surface area contributed by atoms with Crippen molar-refractivity contribution in [3.05, 3.63) is 66.0 Å². The van der Waals surface area contributed by atoms with Crippen molar-refractivity contribution in [2.24, 2.45) is 5.10 Å². The first-order valence-corrected chi connectivity index (χ1v) is 6.59. The summed E-state index contributed by atoms with van der Waals surface area (Å²) in [6.45, 7) is 1.96. The van der Waals surface area contributed by atoms with Gasteiger partial charge in [-0.3, -0.25) is 5.43 Å². The minimum atomic E-state index is -0.278. The lowest BCUT2D eigenvalue weighted by Gasteiger charge is -2.02. The van der Waals surface area contributed by atoms with Gasteiger partial charge >= 0.3 is 0 Å². The second-order valence-electron chi connectivity index (χ2n) is 4.65. The van der Waals surface area contributed by atoms with Gasteiger partial charge in [0.05, 0.1) is 12.4 Å². The summed E-state index contributed by atoms with van der Waals surface area (Å²) in [4.78, 5) is 8.23. The van der Waals surface area contributed by atoms with Gasteiger partial charge in [-0.1, -0.05) is 12.1 Å². The zero-order valence-electron chi connectivity index (χ0n) is 11.8. The van der Waals surface area contributed by atoms with E-state index >= 15 is 0 Å². The Kier molecular flexibility index (Phi) is 3.86. The summed E-state index contributed by atoms with van der Waals surface area (Å²) in [6, 6.07) is 7.76. The Morgan fingerprint density at radius 3 is 2.77 bits per heavy atom. The number of halogens is 1. The van der Waals surface area contributed by atoms with Crippen molar-refractivity contribution in [2.75, 3.05) is 5.43 Å². The molecule has 0 radical (unpaired) electrons. The minimum absolute atomic E-state index is 0.278. The zero-order valence-corrected chi connectivity index (χ0v) is 11.8. The minimum Gasteiger partial charge on any atom is -0.261 e. The first-order valence-electron chi connectivity index (χ1n) is 6.59. The Morgan fingerprint density at radius 1 is 1.23 bits per heavy atom. The van der Waals surface area contributed by atoms with Crippen LogP contribution in [0.15, 0.2) is 54.2 Å². The van der Waals surface area contributed by atoms with Crippen LogP contribution < -0.4 is 5.43 Å². The number of rotatable bonds is 4. The molecule has 3 aromatic rings. The highest BCUT2D eigenvalue weighted by Gasteiger charge is 2.01. The van der Waals surface area contributed by atoms with Crippen molar-refractivity contribution in [1.29, 1.82) is 0 Å². The number of benzene rings is 1. The number of nitrogens with zero attached hydrogens (tertiary/aromatic N) is 5. The summed E-state index contributed by atoms with van der Waals surface area (Å²) in [7, 11) is 0. The Balaban J connectivity index is 1.71. The van der Waals surface area contributed by atoms with Crippen LogP contribution in [0.3, 0.4) is 0 Å². The van der Waals surface area contributed by atoms with Crippen molar-refractivity contribution < 1.29 is 4.39 Å². The molecular weight excluding hydrogens is 283 g/mol. The fourth-order valence-corrected chi connectivity index (χ4v) is 1.79. The molecule has 0 spiro atoms. The van der Waals surface area contributed by atoms with Crippen molar-refractivity contribution >= 4 is 12.0 Å². The van der Waals surface area contributed by atoms with Crippen LogP contribution in [0.1, 0.15) is 11.1 Å².